The van der Waals surface area contributed by atoms with Gasteiger partial charge in [0.15, 0.2) is 5.16 Å². The van der Waals surface area contributed by atoms with Crippen LogP contribution in [0.4, 0.5) is 4.39 Å². The summed E-state index contributed by atoms with van der Waals surface area (Å²) in [5, 5.41) is 3.97. The lowest BCUT2D eigenvalue weighted by molar-refractivity contribution is -0.118. The third kappa shape index (κ3) is 5.18. The maximum atomic E-state index is 13.4. The molecule has 0 unspecified atom stereocenters. The zero-order chi connectivity index (χ0) is 23.4. The molecule has 6 nitrogen and oxygen atoms in total. The molecule has 0 saturated heterocycles. The molecule has 4 aromatic rings. The Morgan fingerprint density at radius 3 is 2.67 bits per heavy atom. The summed E-state index contributed by atoms with van der Waals surface area (Å²) in [6.07, 6.45) is 0. The lowest BCUT2D eigenvalue weighted by atomic mass is 10.2. The number of aromatic nitrogens is 2. The Morgan fingerprint density at radius 1 is 1.15 bits per heavy atom. The minimum Gasteiger partial charge on any atom is -0.495 e. The van der Waals surface area contributed by atoms with Crippen LogP contribution < -0.4 is 15.6 Å². The molecular weight excluding hydrogens is 465 g/mol. The molecule has 0 aliphatic carbocycles. The smallest absolute Gasteiger partial charge is 0.266 e. The van der Waals surface area contributed by atoms with Crippen LogP contribution in [0.15, 0.2) is 76.7 Å². The second-order valence-corrected chi connectivity index (χ2v) is 8.44. The lowest BCUT2D eigenvalue weighted by Crippen LogP contribution is -2.26. The maximum Gasteiger partial charge on any atom is 0.266 e. The van der Waals surface area contributed by atoms with E-state index in [0.29, 0.717) is 32.5 Å². The summed E-state index contributed by atoms with van der Waals surface area (Å²) in [6, 6.07) is 17.9. The second-order valence-electron chi connectivity index (χ2n) is 7.06. The van der Waals surface area contributed by atoms with E-state index in [1.165, 1.54) is 23.8 Å². The highest BCUT2D eigenvalue weighted by molar-refractivity contribution is 7.99. The minimum absolute atomic E-state index is 0.0227. The standard InChI is InChI=1S/C24H19ClFN3O3S/c1-32-21-5-3-2-4-20(21)29-23(31)18-11-8-16(25)12-19(18)28-24(29)33-14-22(30)27-13-15-6-9-17(26)10-7-15/h2-12H,13-14H2,1H3,(H,27,30). The molecule has 0 aliphatic heterocycles. The van der Waals surface area contributed by atoms with Gasteiger partial charge in [-0.1, -0.05) is 47.6 Å². The van der Waals surface area contributed by atoms with Gasteiger partial charge in [0, 0.05) is 11.6 Å². The van der Waals surface area contributed by atoms with Crippen molar-refractivity contribution in [2.45, 2.75) is 11.7 Å². The van der Waals surface area contributed by atoms with Crippen molar-refractivity contribution in [1.29, 1.82) is 0 Å². The molecule has 0 atom stereocenters. The van der Waals surface area contributed by atoms with E-state index in [1.807, 2.05) is 0 Å². The summed E-state index contributed by atoms with van der Waals surface area (Å²) in [4.78, 5) is 30.5. The number of ether oxygens (including phenoxy) is 1. The van der Waals surface area contributed by atoms with Crippen molar-refractivity contribution < 1.29 is 13.9 Å². The molecule has 9 heteroatoms. The van der Waals surface area contributed by atoms with Crippen molar-refractivity contribution in [3.63, 3.8) is 0 Å². The van der Waals surface area contributed by atoms with Gasteiger partial charge < -0.3 is 10.1 Å². The maximum absolute atomic E-state index is 13.4. The first-order valence-corrected chi connectivity index (χ1v) is 11.3. The summed E-state index contributed by atoms with van der Waals surface area (Å²) < 4.78 is 19.9. The zero-order valence-corrected chi connectivity index (χ0v) is 19.1. The molecule has 1 N–H and O–H groups in total. The van der Waals surface area contributed by atoms with Gasteiger partial charge in [-0.25, -0.2) is 9.37 Å². The van der Waals surface area contributed by atoms with E-state index in [2.05, 4.69) is 10.3 Å². The van der Waals surface area contributed by atoms with Crippen molar-refractivity contribution >= 4 is 40.2 Å². The van der Waals surface area contributed by atoms with Crippen LogP contribution in [-0.2, 0) is 11.3 Å². The van der Waals surface area contributed by atoms with Crippen LogP contribution in [0, 0.1) is 5.82 Å². The molecule has 33 heavy (non-hydrogen) atoms. The van der Waals surface area contributed by atoms with Gasteiger partial charge in [-0.2, -0.15) is 0 Å². The van der Waals surface area contributed by atoms with Crippen LogP contribution in [0.25, 0.3) is 16.6 Å². The number of nitrogens with zero attached hydrogens (tertiary/aromatic N) is 2. The van der Waals surface area contributed by atoms with Crippen molar-refractivity contribution in [2.24, 2.45) is 0 Å². The highest BCUT2D eigenvalue weighted by atomic mass is 35.5. The van der Waals surface area contributed by atoms with Crippen LogP contribution in [-0.4, -0.2) is 28.3 Å². The first kappa shape index (κ1) is 22.8. The molecule has 3 aromatic carbocycles. The Labute approximate surface area is 198 Å². The summed E-state index contributed by atoms with van der Waals surface area (Å²) in [7, 11) is 1.52. The van der Waals surface area contributed by atoms with Crippen molar-refractivity contribution in [2.75, 3.05) is 12.9 Å². The number of halogens is 2. The fourth-order valence-corrected chi connectivity index (χ4v) is 4.25. The SMILES string of the molecule is COc1ccccc1-n1c(SCC(=O)NCc2ccc(F)cc2)nc2cc(Cl)ccc2c1=O. The van der Waals surface area contributed by atoms with Crippen LogP contribution in [0.3, 0.4) is 0 Å². The number of benzene rings is 3. The number of nitrogens with one attached hydrogen (secondary N) is 1. The number of carbonyl (C=O) groups is 1. The van der Waals surface area contributed by atoms with Gasteiger partial charge >= 0.3 is 0 Å². The lowest BCUT2D eigenvalue weighted by Gasteiger charge is -2.15. The topological polar surface area (TPSA) is 73.2 Å². The largest absolute Gasteiger partial charge is 0.495 e. The van der Waals surface area contributed by atoms with Crippen molar-refractivity contribution in [1.82, 2.24) is 14.9 Å². The van der Waals surface area contributed by atoms with E-state index in [0.717, 1.165) is 17.3 Å². The van der Waals surface area contributed by atoms with Gasteiger partial charge in [-0.05, 0) is 48.0 Å². The molecule has 0 fully saturated rings. The average molecular weight is 484 g/mol. The Hall–Kier alpha value is -3.36. The molecule has 0 spiro atoms. The number of amides is 1. The number of methoxy groups -OCH3 is 1. The van der Waals surface area contributed by atoms with E-state index in [9.17, 15) is 14.0 Å². The first-order chi connectivity index (χ1) is 16.0. The van der Waals surface area contributed by atoms with Crippen LogP contribution in [0.5, 0.6) is 5.75 Å². The molecule has 168 valence electrons. The highest BCUT2D eigenvalue weighted by Gasteiger charge is 2.17. The molecule has 0 saturated carbocycles. The quantitative estimate of drug-likeness (QED) is 0.307. The Balaban J connectivity index is 1.64. The van der Waals surface area contributed by atoms with Gasteiger partial charge in [0.25, 0.3) is 5.56 Å². The van der Waals surface area contributed by atoms with Gasteiger partial charge in [0.1, 0.15) is 11.6 Å². The molecular formula is C24H19ClFN3O3S. The molecule has 1 aromatic heterocycles. The number of hydrogen-bond donors (Lipinski definition) is 1. The molecule has 1 heterocycles. The van der Waals surface area contributed by atoms with Crippen molar-refractivity contribution in [3.05, 3.63) is 93.5 Å². The molecule has 0 bridgehead atoms. The molecule has 4 rings (SSSR count). The van der Waals surface area contributed by atoms with E-state index >= 15 is 0 Å². The van der Waals surface area contributed by atoms with Gasteiger partial charge in [0.05, 0.1) is 29.5 Å². The highest BCUT2D eigenvalue weighted by Crippen LogP contribution is 2.27. The Kier molecular flexibility index (Phi) is 6.96. The number of rotatable bonds is 7. The number of hydrogen-bond acceptors (Lipinski definition) is 5. The Bertz CT molecular complexity index is 1380. The van der Waals surface area contributed by atoms with Gasteiger partial charge in [0.2, 0.25) is 5.91 Å². The summed E-state index contributed by atoms with van der Waals surface area (Å²) in [6.45, 7) is 0.264. The monoisotopic (exact) mass is 483 g/mol. The minimum atomic E-state index is -0.336. The van der Waals surface area contributed by atoms with E-state index < -0.39 is 0 Å². The average Bonchev–Trinajstić information content (AvgIpc) is 2.82. The second kappa shape index (κ2) is 10.1. The predicted molar refractivity (Wildman–Crippen MR) is 128 cm³/mol. The van der Waals surface area contributed by atoms with E-state index in [-0.39, 0.29) is 29.6 Å². The molecule has 1 amide bonds. The molecule has 0 radical (unpaired) electrons. The van der Waals surface area contributed by atoms with Crippen molar-refractivity contribution in [3.8, 4) is 11.4 Å². The third-order valence-electron chi connectivity index (χ3n) is 4.86. The number of fused-ring (bicyclic) bond motifs is 1. The number of thioether (sulfide) groups is 1. The van der Waals surface area contributed by atoms with Crippen LogP contribution in [0.1, 0.15) is 5.56 Å². The fraction of sp³-hybridized carbons (Fsp3) is 0.125. The van der Waals surface area contributed by atoms with Crippen LogP contribution >= 0.6 is 23.4 Å². The van der Waals surface area contributed by atoms with Gasteiger partial charge in [-0.3, -0.25) is 14.2 Å². The number of carbonyl (C=O) groups excluding carboxylic acids is 1. The van der Waals surface area contributed by atoms with E-state index in [1.54, 1.807) is 54.6 Å². The summed E-state index contributed by atoms with van der Waals surface area (Å²) >= 11 is 7.22. The van der Waals surface area contributed by atoms with E-state index in [4.69, 9.17) is 16.3 Å². The number of para-hydroxylation sites is 2. The zero-order valence-electron chi connectivity index (χ0n) is 17.5. The fourth-order valence-electron chi connectivity index (χ4n) is 3.25. The summed E-state index contributed by atoms with van der Waals surface area (Å²) in [5.74, 6) is -0.0689. The molecule has 0 aliphatic rings. The third-order valence-corrected chi connectivity index (χ3v) is 6.04. The van der Waals surface area contributed by atoms with Crippen LogP contribution in [0.2, 0.25) is 5.02 Å². The van der Waals surface area contributed by atoms with Gasteiger partial charge in [-0.15, -0.1) is 0 Å². The first-order valence-electron chi connectivity index (χ1n) is 9.96. The summed E-state index contributed by atoms with van der Waals surface area (Å²) in [5.41, 5.74) is 1.44. The Morgan fingerprint density at radius 2 is 1.91 bits per heavy atom. The predicted octanol–water partition coefficient (Wildman–Crippen LogP) is 4.60. The normalized spacial score (nSPS) is 10.9.